The van der Waals surface area contributed by atoms with E-state index >= 15 is 0 Å². The van der Waals surface area contributed by atoms with E-state index in [4.69, 9.17) is 58.3 Å². The molecule has 4 amide bonds. The van der Waals surface area contributed by atoms with Crippen LogP contribution in [0.5, 0.6) is 23.0 Å². The maximum absolute atomic E-state index is 12.2. The predicted octanol–water partition coefficient (Wildman–Crippen LogP) is 18.8. The van der Waals surface area contributed by atoms with Crippen LogP contribution in [0.4, 0.5) is 19.2 Å². The smallest absolute Gasteiger partial charge is 0.410 e. The van der Waals surface area contributed by atoms with Crippen LogP contribution in [-0.2, 0) is 44.6 Å². The number of halogens is 3. The third kappa shape index (κ3) is 38.2. The Morgan fingerprint density at radius 3 is 1.04 bits per heavy atom. The van der Waals surface area contributed by atoms with Crippen molar-refractivity contribution in [2.24, 2.45) is 0 Å². The SMILES string of the molecule is CC(C)(C)OC(=O)N1CC[C@H]1COc1cnc[c]([Sn]([CH3])([CH3])[CH3])c1.CC(C)(C)OC(=O)N1CC[C@H]1COc1cncc(-c2ccc(CCCO)cc2)c1.CC(C)(C)OC(=O)N1CC[C@H]1COc1cncc(-c2cccc(CCCO)c2)c1.CC(C)(C)OC(=O)N1CC[C@H]1COc1cncc(Br)c1.OCCCc1ccc(I)cc1.OCCCc1cccc(I)c1. The zero-order valence-corrected chi connectivity index (χ0v) is 83.1. The van der Waals surface area contributed by atoms with Crippen molar-refractivity contribution < 1.29 is 77.5 Å². The van der Waals surface area contributed by atoms with E-state index in [1.165, 1.54) is 33.0 Å². The second-order valence-electron chi connectivity index (χ2n) is 35.5. The average Bonchev–Trinajstić information content (AvgIpc) is 0.830. The van der Waals surface area contributed by atoms with Crippen molar-refractivity contribution in [2.75, 3.05) is 79.0 Å². The summed E-state index contributed by atoms with van der Waals surface area (Å²) in [6.07, 6.45) is 23.6. The number of hydrogen-bond donors (Lipinski definition) is 4. The first-order chi connectivity index (χ1) is 58.3. The predicted molar refractivity (Wildman–Crippen MR) is 506 cm³/mol. The van der Waals surface area contributed by atoms with E-state index in [2.05, 4.69) is 187 Å². The van der Waals surface area contributed by atoms with E-state index in [0.717, 1.165) is 123 Å². The Hall–Kier alpha value is -7.66. The number of aliphatic hydroxyl groups excluding tert-OH is 4. The fraction of sp³-hybridized carbons (Fsp3) is 0.495. The van der Waals surface area contributed by atoms with E-state index in [1.54, 1.807) is 50.6 Å². The fourth-order valence-electron chi connectivity index (χ4n) is 12.4. The van der Waals surface area contributed by atoms with Gasteiger partial charge in [0.25, 0.3) is 0 Å². The first-order valence-corrected chi connectivity index (χ1v) is 55.3. The monoisotopic (exact) mass is 2090 g/mol. The summed E-state index contributed by atoms with van der Waals surface area (Å²) in [5.41, 5.74) is 7.17. The molecule has 12 rings (SSSR count). The first kappa shape index (κ1) is 102. The van der Waals surface area contributed by atoms with Crippen LogP contribution in [0.1, 0.15) is 157 Å². The van der Waals surface area contributed by atoms with Gasteiger partial charge in [0.05, 0.1) is 36.7 Å². The van der Waals surface area contributed by atoms with Crippen molar-refractivity contribution >= 4 is 107 Å². The molecule has 8 heterocycles. The third-order valence-corrected chi connectivity index (χ3v) is 26.9. The second-order valence-corrected chi connectivity index (χ2v) is 53.4. The topological polar surface area (TPSA) is 288 Å². The number of aromatic nitrogens is 4. The standard InChI is InChI=1S/2C23H30N2O4.C14H19BrN2O3.C14H19N2O3.2C9H11IO.3CH3.Sn/c1-23(2,3)29-22(27)25-10-9-20(25)16-28-21-13-19(14-24-15-21)18-8-4-6-17(12-18)7-5-11-26;1-23(2,3)29-22(27)25-11-10-20(25)16-28-21-13-19(14-24-15-21)18-8-6-17(7-9-18)5-4-12-26;1-14(2,3)20-13(18)17-5-4-11(17)9-19-12-6-10(15)7-16-8-12;1-14(2,3)19-13(17)16-8-6-11(16)10-18-12-5-4-7-15-9-12;10-9-5-1-3-8(7-9)4-2-6-11;10-9-5-3-8(4-6-9)2-1-7-11;;;;/h4,6,8,12-15,20,26H,5,7,9-11,16H2,1-3H3;6-9,13-15,20,26H,4-5,10-12,16H2,1-3H3;6-8,11H,4-5,9H2,1-3H3;5,7,9,11H,6,8,10H2,1-3H3;1,3,5,7,11H,2,4,6H2;3-6,11H,1-2,7H2;3*1H3;/t2*20-;2*11-;;;;;;/m0000....../s1. The number of amides is 4. The zero-order chi connectivity index (χ0) is 89.9. The Kier molecular flexibility index (Phi) is 42.1. The van der Waals surface area contributed by atoms with Gasteiger partial charge in [-0.1, -0.05) is 72.8 Å². The number of aliphatic hydroxyl groups is 4. The molecule has 28 heteroatoms. The summed E-state index contributed by atoms with van der Waals surface area (Å²) in [5.74, 6) is 2.85. The molecule has 4 aliphatic rings. The van der Waals surface area contributed by atoms with E-state index in [1.807, 2.05) is 132 Å². The second kappa shape index (κ2) is 50.6. The van der Waals surface area contributed by atoms with Crippen LogP contribution in [0.25, 0.3) is 22.3 Å². The molecule has 4 aliphatic heterocycles. The van der Waals surface area contributed by atoms with Crippen molar-refractivity contribution in [1.82, 2.24) is 39.5 Å². The number of likely N-dealkylation sites (tertiary alicyclic amines) is 4. The van der Waals surface area contributed by atoms with Crippen LogP contribution in [0, 0.1) is 7.14 Å². The van der Waals surface area contributed by atoms with E-state index in [9.17, 15) is 19.2 Å². The molecule has 0 bridgehead atoms. The van der Waals surface area contributed by atoms with Crippen LogP contribution in [0.2, 0.25) is 14.8 Å². The number of nitrogens with zero attached hydrogens (tertiary/aromatic N) is 8. The van der Waals surface area contributed by atoms with Crippen molar-refractivity contribution in [3.8, 4) is 45.3 Å². The molecule has 4 saturated heterocycles. The Morgan fingerprint density at radius 1 is 0.374 bits per heavy atom. The van der Waals surface area contributed by atoms with Gasteiger partial charge in [-0.2, -0.15) is 0 Å². The minimum absolute atomic E-state index is 0.0234. The molecule has 4 aromatic heterocycles. The van der Waals surface area contributed by atoms with E-state index in [0.29, 0.717) is 56.8 Å². The Bertz CT molecular complexity index is 4540. The van der Waals surface area contributed by atoms with Crippen LogP contribution < -0.4 is 22.5 Å². The van der Waals surface area contributed by atoms with Gasteiger partial charge in [-0.25, -0.2) is 14.4 Å². The van der Waals surface area contributed by atoms with Gasteiger partial charge in [-0.05, 0) is 270 Å². The number of ether oxygens (including phenoxy) is 8. The number of hydrogen-bond acceptors (Lipinski definition) is 20. The first-order valence-electron chi connectivity index (χ1n) is 42.3. The van der Waals surface area contributed by atoms with Crippen LogP contribution in [0.15, 0.2) is 175 Å². The summed E-state index contributed by atoms with van der Waals surface area (Å²) in [6, 6.07) is 41.4. The normalized spacial score (nSPS) is 15.9. The van der Waals surface area contributed by atoms with Gasteiger partial charge in [0.15, 0.2) is 0 Å². The van der Waals surface area contributed by atoms with Crippen LogP contribution in [0.3, 0.4) is 0 Å². The van der Waals surface area contributed by atoms with Crippen LogP contribution >= 0.6 is 61.1 Å². The molecule has 0 saturated carbocycles. The summed E-state index contributed by atoms with van der Waals surface area (Å²) in [6.45, 7) is 28.0. The molecule has 24 nitrogen and oxygen atoms in total. The molecule has 0 unspecified atom stereocenters. The number of rotatable bonds is 27. The number of benzene rings is 4. The van der Waals surface area contributed by atoms with Gasteiger partial charge in [0, 0.05) is 87.4 Å². The van der Waals surface area contributed by atoms with Gasteiger partial charge in [-0.15, -0.1) is 0 Å². The van der Waals surface area contributed by atoms with Crippen molar-refractivity contribution in [3.63, 3.8) is 0 Å². The van der Waals surface area contributed by atoms with Crippen molar-refractivity contribution in [2.45, 2.75) is 222 Å². The maximum Gasteiger partial charge on any atom is 0.410 e. The van der Waals surface area contributed by atoms with Crippen molar-refractivity contribution in [3.05, 3.63) is 205 Å². The largest absolute Gasteiger partial charge is 0.490 e. The summed E-state index contributed by atoms with van der Waals surface area (Å²) in [4.78, 5) is 79.4. The summed E-state index contributed by atoms with van der Waals surface area (Å²) in [5, 5.41) is 35.2. The molecule has 123 heavy (non-hydrogen) atoms. The Balaban J connectivity index is 0.000000210. The zero-order valence-electron chi connectivity index (χ0n) is 74.3. The van der Waals surface area contributed by atoms with Gasteiger partial charge in [-0.3, -0.25) is 15.0 Å². The Morgan fingerprint density at radius 2 is 0.699 bits per heavy atom. The van der Waals surface area contributed by atoms with Crippen molar-refractivity contribution in [1.29, 1.82) is 0 Å². The average molecular weight is 2090 g/mol. The van der Waals surface area contributed by atoms with Gasteiger partial charge in [0.1, 0.15) is 53.9 Å². The molecule has 4 N–H and O–H groups in total. The summed E-state index contributed by atoms with van der Waals surface area (Å²) in [7, 11) is 0. The molecule has 4 aromatic carbocycles. The number of pyridine rings is 4. The number of aryl methyl sites for hydroxylation is 4. The van der Waals surface area contributed by atoms with Gasteiger partial charge < -0.3 is 63.5 Å². The summed E-state index contributed by atoms with van der Waals surface area (Å²) < 4.78 is 49.8. The number of carbonyl (C=O) groups is 4. The van der Waals surface area contributed by atoms with Gasteiger partial charge >= 0.3 is 161 Å². The molecule has 0 aliphatic carbocycles. The fourth-order valence-corrected chi connectivity index (χ4v) is 16.7. The van der Waals surface area contributed by atoms with E-state index in [-0.39, 0.29) is 75.0 Å². The molecular formula is C95H129BrI2N8O16Sn. The third-order valence-electron chi connectivity index (χ3n) is 19.4. The molecular weight excluding hydrogens is 1960 g/mol. The minimum Gasteiger partial charge on any atom is -0.490 e. The molecule has 0 spiro atoms. The molecule has 4 fully saturated rings. The van der Waals surface area contributed by atoms with Crippen LogP contribution in [-0.4, -0.2) is 228 Å². The molecule has 670 valence electrons. The van der Waals surface area contributed by atoms with Gasteiger partial charge in [0.2, 0.25) is 0 Å². The number of carbonyl (C=O) groups excluding carboxylic acids is 4. The maximum atomic E-state index is 12.2. The molecule has 8 aromatic rings. The Labute approximate surface area is 768 Å². The van der Waals surface area contributed by atoms with E-state index < -0.39 is 40.8 Å². The minimum atomic E-state index is -2.13. The quantitative estimate of drug-likeness (QED) is 0.0211. The summed E-state index contributed by atoms with van der Waals surface area (Å²) >= 11 is 5.79. The molecule has 0 radical (unpaired) electrons. The molecule has 4 atom stereocenters.